The Hall–Kier alpha value is -2.68. The fraction of sp³-hybridized carbons (Fsp3) is 0.550. The summed E-state index contributed by atoms with van der Waals surface area (Å²) in [5, 5.41) is 0. The molecule has 0 fully saturated rings. The Balaban J connectivity index is 0.00000155. The van der Waals surface area contributed by atoms with Gasteiger partial charge >= 0.3 is 0 Å². The Morgan fingerprint density at radius 3 is 1.98 bits per heavy atom. The fourth-order valence-corrected chi connectivity index (χ4v) is 4.93. The summed E-state index contributed by atoms with van der Waals surface area (Å²) in [5.74, 6) is -1.05. The summed E-state index contributed by atoms with van der Waals surface area (Å²) in [4.78, 5) is 0. The molecule has 3 atom stereocenters. The minimum Gasteiger partial charge on any atom is -0.402 e. The van der Waals surface area contributed by atoms with Crippen molar-refractivity contribution >= 4 is 0 Å². The SMILES string of the molecule is C=CC1=CC=C(CCc2cc(F)c(C(C)/C(N)=C(\CCC)C3C=CC=CC3C)c(F)c2)CC1.CC.CC.CCC(C)(C)C. The summed E-state index contributed by atoms with van der Waals surface area (Å²) in [5.41, 5.74) is 12.1. The molecular weight excluding hydrogens is 532 g/mol. The van der Waals surface area contributed by atoms with Gasteiger partial charge in [0.15, 0.2) is 0 Å². The van der Waals surface area contributed by atoms with E-state index >= 15 is 8.78 Å². The molecule has 1 aromatic carbocycles. The zero-order valence-electron chi connectivity index (χ0n) is 29.4. The number of aryl methyl sites for hydroxylation is 1. The van der Waals surface area contributed by atoms with Crippen LogP contribution >= 0.6 is 0 Å². The zero-order chi connectivity index (χ0) is 33.2. The first-order valence-corrected chi connectivity index (χ1v) is 16.7. The second-order valence-electron chi connectivity index (χ2n) is 12.3. The van der Waals surface area contributed by atoms with Crippen LogP contribution in [0, 0.1) is 28.9 Å². The van der Waals surface area contributed by atoms with E-state index in [4.69, 9.17) is 5.73 Å². The van der Waals surface area contributed by atoms with E-state index in [1.807, 2.05) is 52.8 Å². The van der Waals surface area contributed by atoms with Crippen molar-refractivity contribution in [1.82, 2.24) is 0 Å². The largest absolute Gasteiger partial charge is 0.402 e. The average Bonchev–Trinajstić information content (AvgIpc) is 3.00. The van der Waals surface area contributed by atoms with Crippen LogP contribution in [0.5, 0.6) is 0 Å². The summed E-state index contributed by atoms with van der Waals surface area (Å²) in [6, 6.07) is 2.98. The molecular formula is C40H63F2N. The van der Waals surface area contributed by atoms with Crippen molar-refractivity contribution < 1.29 is 8.78 Å². The second-order valence-corrected chi connectivity index (χ2v) is 12.3. The van der Waals surface area contributed by atoms with Crippen molar-refractivity contribution in [1.29, 1.82) is 0 Å². The Labute approximate surface area is 264 Å². The molecule has 0 aliphatic heterocycles. The second kappa shape index (κ2) is 21.1. The molecule has 0 amide bonds. The predicted molar refractivity (Wildman–Crippen MR) is 188 cm³/mol. The lowest BCUT2D eigenvalue weighted by Gasteiger charge is -2.28. The smallest absolute Gasteiger partial charge is 0.130 e. The van der Waals surface area contributed by atoms with Crippen LogP contribution in [0.15, 0.2) is 83.7 Å². The van der Waals surface area contributed by atoms with Gasteiger partial charge in [-0.25, -0.2) is 8.78 Å². The van der Waals surface area contributed by atoms with E-state index in [9.17, 15) is 0 Å². The van der Waals surface area contributed by atoms with E-state index in [1.54, 1.807) is 0 Å². The van der Waals surface area contributed by atoms with E-state index in [-0.39, 0.29) is 11.5 Å². The van der Waals surface area contributed by atoms with Gasteiger partial charge in [-0.15, -0.1) is 0 Å². The molecule has 43 heavy (non-hydrogen) atoms. The highest BCUT2D eigenvalue weighted by atomic mass is 19.1. The third-order valence-electron chi connectivity index (χ3n) is 8.07. The van der Waals surface area contributed by atoms with Crippen molar-refractivity contribution in [3.05, 3.63) is 106 Å². The number of rotatable bonds is 9. The lowest BCUT2D eigenvalue weighted by molar-refractivity contribution is 0.398. The van der Waals surface area contributed by atoms with Gasteiger partial charge < -0.3 is 5.73 Å². The van der Waals surface area contributed by atoms with E-state index in [2.05, 4.69) is 72.4 Å². The van der Waals surface area contributed by atoms with Crippen LogP contribution in [0.3, 0.4) is 0 Å². The summed E-state index contributed by atoms with van der Waals surface area (Å²) in [7, 11) is 0. The van der Waals surface area contributed by atoms with E-state index < -0.39 is 17.6 Å². The first-order chi connectivity index (χ1) is 20.4. The highest BCUT2D eigenvalue weighted by Gasteiger charge is 2.26. The topological polar surface area (TPSA) is 26.0 Å². The molecule has 2 aliphatic rings. The van der Waals surface area contributed by atoms with Gasteiger partial charge in [0.05, 0.1) is 0 Å². The fourth-order valence-electron chi connectivity index (χ4n) is 4.93. The third-order valence-corrected chi connectivity index (χ3v) is 8.07. The maximum atomic E-state index is 15.2. The van der Waals surface area contributed by atoms with Crippen LogP contribution < -0.4 is 5.73 Å². The minimum atomic E-state index is -0.518. The quantitative estimate of drug-likeness (QED) is 0.302. The van der Waals surface area contributed by atoms with Gasteiger partial charge in [-0.05, 0) is 72.3 Å². The van der Waals surface area contributed by atoms with Crippen LogP contribution in [0.2, 0.25) is 0 Å². The number of hydrogen-bond donors (Lipinski definition) is 1. The summed E-state index contributed by atoms with van der Waals surface area (Å²) in [6.45, 7) is 26.8. The van der Waals surface area contributed by atoms with Crippen molar-refractivity contribution in [3.8, 4) is 0 Å². The van der Waals surface area contributed by atoms with Crippen molar-refractivity contribution in [2.24, 2.45) is 23.0 Å². The summed E-state index contributed by atoms with van der Waals surface area (Å²) < 4.78 is 30.3. The van der Waals surface area contributed by atoms with Gasteiger partial charge in [0.1, 0.15) is 11.6 Å². The molecule has 2 aliphatic carbocycles. The molecule has 0 spiro atoms. The van der Waals surface area contributed by atoms with Gasteiger partial charge in [-0.3, -0.25) is 0 Å². The van der Waals surface area contributed by atoms with Crippen LogP contribution in [0.25, 0.3) is 0 Å². The van der Waals surface area contributed by atoms with Crippen LogP contribution in [0.1, 0.15) is 132 Å². The van der Waals surface area contributed by atoms with E-state index in [1.165, 1.54) is 29.7 Å². The Morgan fingerprint density at radius 2 is 1.53 bits per heavy atom. The van der Waals surface area contributed by atoms with Crippen LogP contribution in [-0.4, -0.2) is 0 Å². The molecule has 0 aromatic heterocycles. The maximum absolute atomic E-state index is 15.2. The molecule has 0 saturated carbocycles. The van der Waals surface area contributed by atoms with E-state index in [0.29, 0.717) is 29.0 Å². The predicted octanol–water partition coefficient (Wildman–Crippen LogP) is 12.7. The van der Waals surface area contributed by atoms with Crippen LogP contribution in [0.4, 0.5) is 8.78 Å². The number of nitrogens with two attached hydrogens (primary N) is 1. The molecule has 0 saturated heterocycles. The monoisotopic (exact) mass is 595 g/mol. The molecule has 1 aromatic rings. The maximum Gasteiger partial charge on any atom is 0.130 e. The summed E-state index contributed by atoms with van der Waals surface area (Å²) >= 11 is 0. The van der Waals surface area contributed by atoms with Crippen molar-refractivity contribution in [3.63, 3.8) is 0 Å². The normalized spacial score (nSPS) is 18.7. The Bertz CT molecular complexity index is 1100. The van der Waals surface area contributed by atoms with Crippen molar-refractivity contribution in [2.75, 3.05) is 0 Å². The molecule has 2 N–H and O–H groups in total. The molecule has 1 nitrogen and oxygen atoms in total. The van der Waals surface area contributed by atoms with Gasteiger partial charge in [-0.2, -0.15) is 0 Å². The lowest BCUT2D eigenvalue weighted by atomic mass is 9.78. The van der Waals surface area contributed by atoms with Gasteiger partial charge in [-0.1, -0.05) is 144 Å². The van der Waals surface area contributed by atoms with Gasteiger partial charge in [0.25, 0.3) is 0 Å². The standard InChI is InChI=1S/C30H37F2N.C6H14.2C2H6/c1-5-9-26(25-11-8-7-10-20(25)3)30(33)21(4)29-27(31)18-24(19-28(29)32)17-16-23-14-12-22(6-2)13-15-23;1-5-6(2,3)4;2*1-2/h6-8,10-12,14,18-21,25H,2,5,9,13,15-17,33H2,1,3-4H3;5H2,1-4H3;2*1-2H3/b30-26-;;;. The average molecular weight is 596 g/mol. The zero-order valence-corrected chi connectivity index (χ0v) is 29.4. The Kier molecular flexibility index (Phi) is 19.8. The molecule has 3 rings (SSSR count). The minimum absolute atomic E-state index is 0.0725. The van der Waals surface area contributed by atoms with Gasteiger partial charge in [0.2, 0.25) is 0 Å². The first kappa shape index (κ1) is 40.3. The number of halogens is 2. The highest BCUT2D eigenvalue weighted by Crippen LogP contribution is 2.36. The van der Waals surface area contributed by atoms with Gasteiger partial charge in [0, 0.05) is 23.1 Å². The Morgan fingerprint density at radius 1 is 0.977 bits per heavy atom. The van der Waals surface area contributed by atoms with Crippen LogP contribution in [-0.2, 0) is 6.42 Å². The van der Waals surface area contributed by atoms with E-state index in [0.717, 1.165) is 37.7 Å². The number of allylic oxidation sites excluding steroid dienone is 11. The lowest BCUT2D eigenvalue weighted by Crippen LogP contribution is -2.21. The molecule has 0 radical (unpaired) electrons. The molecule has 242 valence electrons. The number of benzene rings is 1. The number of hydrogen-bond acceptors (Lipinski definition) is 1. The molecule has 0 heterocycles. The summed E-state index contributed by atoms with van der Waals surface area (Å²) in [6.07, 6.45) is 20.9. The molecule has 0 bridgehead atoms. The highest BCUT2D eigenvalue weighted by molar-refractivity contribution is 5.38. The third kappa shape index (κ3) is 13.7. The first-order valence-electron chi connectivity index (χ1n) is 16.7. The molecule has 3 heteroatoms. The molecule has 3 unspecified atom stereocenters. The van der Waals surface area contributed by atoms with Crippen molar-refractivity contribution in [2.45, 2.75) is 127 Å².